The van der Waals surface area contributed by atoms with Crippen LogP contribution in [0.3, 0.4) is 0 Å². The van der Waals surface area contributed by atoms with Crippen molar-refractivity contribution < 1.29 is 14.6 Å². The minimum Gasteiger partial charge on any atom is -0.496 e. The lowest BCUT2D eigenvalue weighted by atomic mass is 9.76. The molecule has 0 amide bonds. The van der Waals surface area contributed by atoms with Gasteiger partial charge in [-0.2, -0.15) is 0 Å². The Hall–Kier alpha value is -2.82. The Morgan fingerprint density at radius 3 is 1.70 bits per heavy atom. The number of benzene rings is 3. The molecule has 0 saturated heterocycles. The highest BCUT2D eigenvalue weighted by atomic mass is 16.5. The van der Waals surface area contributed by atoms with E-state index in [2.05, 4.69) is 0 Å². The second kappa shape index (κ2) is 7.82. The van der Waals surface area contributed by atoms with E-state index < -0.39 is 11.6 Å². The number of hydrogen-bond donors (Lipinski definition) is 2. The fourth-order valence-corrected chi connectivity index (χ4v) is 3.56. The molecule has 3 N–H and O–H groups in total. The molecule has 140 valence electrons. The van der Waals surface area contributed by atoms with Crippen LogP contribution in [0.1, 0.15) is 28.3 Å². The standard InChI is InChI=1S/C23H25NO3/c1-16-10-4-5-11-17(16)22(24)23(25,18-12-6-8-14-20(18)26-2)19-13-7-9-15-21(19)27-3/h4-15,22,25H,24H2,1-3H3/t22-/m1/s1. The van der Waals surface area contributed by atoms with E-state index in [0.717, 1.165) is 11.1 Å². The Morgan fingerprint density at radius 2 is 1.22 bits per heavy atom. The summed E-state index contributed by atoms with van der Waals surface area (Å²) in [7, 11) is 3.17. The van der Waals surface area contributed by atoms with Crippen molar-refractivity contribution in [3.63, 3.8) is 0 Å². The molecule has 1 atom stereocenters. The van der Waals surface area contributed by atoms with Gasteiger partial charge in [-0.1, -0.05) is 60.7 Å². The van der Waals surface area contributed by atoms with Gasteiger partial charge in [-0.3, -0.25) is 0 Å². The Kier molecular flexibility index (Phi) is 5.49. The topological polar surface area (TPSA) is 64.7 Å². The molecule has 0 fully saturated rings. The van der Waals surface area contributed by atoms with E-state index >= 15 is 0 Å². The normalized spacial score (nSPS) is 12.5. The van der Waals surface area contributed by atoms with Crippen molar-refractivity contribution >= 4 is 0 Å². The van der Waals surface area contributed by atoms with E-state index in [9.17, 15) is 5.11 Å². The van der Waals surface area contributed by atoms with E-state index in [1.54, 1.807) is 14.2 Å². The summed E-state index contributed by atoms with van der Waals surface area (Å²) in [5.41, 5.74) is 8.22. The van der Waals surface area contributed by atoms with Crippen LogP contribution in [0.5, 0.6) is 11.5 Å². The van der Waals surface area contributed by atoms with Gasteiger partial charge in [0.15, 0.2) is 0 Å². The molecule has 4 nitrogen and oxygen atoms in total. The van der Waals surface area contributed by atoms with Crippen LogP contribution in [0.4, 0.5) is 0 Å². The van der Waals surface area contributed by atoms with Crippen molar-refractivity contribution in [3.05, 3.63) is 95.1 Å². The lowest BCUT2D eigenvalue weighted by Gasteiger charge is -2.37. The molecule has 3 aromatic rings. The smallest absolute Gasteiger partial charge is 0.141 e. The van der Waals surface area contributed by atoms with E-state index in [1.807, 2.05) is 79.7 Å². The minimum atomic E-state index is -1.55. The Morgan fingerprint density at radius 1 is 0.778 bits per heavy atom. The zero-order valence-electron chi connectivity index (χ0n) is 15.8. The number of hydrogen-bond acceptors (Lipinski definition) is 4. The Labute approximate surface area is 160 Å². The highest BCUT2D eigenvalue weighted by molar-refractivity contribution is 5.52. The van der Waals surface area contributed by atoms with Gasteiger partial charge in [0.05, 0.1) is 20.3 Å². The number of aryl methyl sites for hydroxylation is 1. The highest BCUT2D eigenvalue weighted by Crippen LogP contribution is 2.46. The summed E-state index contributed by atoms with van der Waals surface area (Å²) in [6.45, 7) is 1.99. The van der Waals surface area contributed by atoms with Crippen LogP contribution < -0.4 is 15.2 Å². The van der Waals surface area contributed by atoms with Crippen molar-refractivity contribution in [1.29, 1.82) is 0 Å². The van der Waals surface area contributed by atoms with E-state index in [4.69, 9.17) is 15.2 Å². The van der Waals surface area contributed by atoms with E-state index in [1.165, 1.54) is 0 Å². The molecule has 0 aliphatic carbocycles. The molecule has 3 aromatic carbocycles. The van der Waals surface area contributed by atoms with Gasteiger partial charge >= 0.3 is 0 Å². The first-order chi connectivity index (χ1) is 13.0. The van der Waals surface area contributed by atoms with Crippen molar-refractivity contribution in [2.45, 2.75) is 18.6 Å². The molecule has 4 heteroatoms. The third kappa shape index (κ3) is 3.29. The molecule has 0 spiro atoms. The Balaban J connectivity index is 2.31. The van der Waals surface area contributed by atoms with Crippen LogP contribution in [-0.2, 0) is 5.60 Å². The third-order valence-corrected chi connectivity index (χ3v) is 5.01. The molecule has 27 heavy (non-hydrogen) atoms. The summed E-state index contributed by atoms with van der Waals surface area (Å²) < 4.78 is 11.1. The van der Waals surface area contributed by atoms with Crippen LogP contribution in [-0.4, -0.2) is 19.3 Å². The summed E-state index contributed by atoms with van der Waals surface area (Å²) in [6, 6.07) is 21.8. The molecule has 0 aliphatic rings. The fourth-order valence-electron chi connectivity index (χ4n) is 3.56. The van der Waals surface area contributed by atoms with E-state index in [-0.39, 0.29) is 0 Å². The second-order valence-electron chi connectivity index (χ2n) is 6.50. The van der Waals surface area contributed by atoms with Gasteiger partial charge in [-0.25, -0.2) is 0 Å². The van der Waals surface area contributed by atoms with Crippen LogP contribution in [0.2, 0.25) is 0 Å². The van der Waals surface area contributed by atoms with Gasteiger partial charge in [0, 0.05) is 11.1 Å². The first-order valence-electron chi connectivity index (χ1n) is 8.84. The SMILES string of the molecule is COc1ccccc1C(O)(c1ccccc1OC)[C@H](N)c1ccccc1C. The molecule has 0 aliphatic heterocycles. The lowest BCUT2D eigenvalue weighted by molar-refractivity contribution is 0.0460. The number of ether oxygens (including phenoxy) is 2. The zero-order valence-corrected chi connectivity index (χ0v) is 15.8. The van der Waals surface area contributed by atoms with Gasteiger partial charge in [0.25, 0.3) is 0 Å². The maximum atomic E-state index is 12.1. The quantitative estimate of drug-likeness (QED) is 0.696. The monoisotopic (exact) mass is 363 g/mol. The summed E-state index contributed by atoms with van der Waals surface area (Å²) in [4.78, 5) is 0. The van der Waals surface area contributed by atoms with Gasteiger partial charge < -0.3 is 20.3 Å². The number of para-hydroxylation sites is 2. The van der Waals surface area contributed by atoms with Crippen molar-refractivity contribution in [2.24, 2.45) is 5.73 Å². The maximum Gasteiger partial charge on any atom is 0.141 e. The molecule has 3 rings (SSSR count). The lowest BCUT2D eigenvalue weighted by Crippen LogP contribution is -2.40. The van der Waals surface area contributed by atoms with Crippen molar-refractivity contribution in [1.82, 2.24) is 0 Å². The molecule has 0 unspecified atom stereocenters. The van der Waals surface area contributed by atoms with E-state index in [0.29, 0.717) is 22.6 Å². The summed E-state index contributed by atoms with van der Waals surface area (Å²) >= 11 is 0. The van der Waals surface area contributed by atoms with Gasteiger partial charge in [0.1, 0.15) is 17.1 Å². The average molecular weight is 363 g/mol. The molecule has 0 saturated carbocycles. The first kappa shape index (κ1) is 19.0. The highest BCUT2D eigenvalue weighted by Gasteiger charge is 2.43. The molecule has 0 aromatic heterocycles. The molecular formula is C23H25NO3. The zero-order chi connectivity index (χ0) is 19.4. The van der Waals surface area contributed by atoms with Crippen LogP contribution >= 0.6 is 0 Å². The Bertz CT molecular complexity index is 875. The van der Waals surface area contributed by atoms with Crippen molar-refractivity contribution in [3.8, 4) is 11.5 Å². The molecule has 0 heterocycles. The van der Waals surface area contributed by atoms with Crippen LogP contribution in [0.25, 0.3) is 0 Å². The maximum absolute atomic E-state index is 12.1. The predicted molar refractivity (Wildman–Crippen MR) is 107 cm³/mol. The first-order valence-corrected chi connectivity index (χ1v) is 8.84. The predicted octanol–water partition coefficient (Wildman–Crippen LogP) is 3.95. The summed E-state index contributed by atoms with van der Waals surface area (Å²) in [5, 5.41) is 12.1. The summed E-state index contributed by atoms with van der Waals surface area (Å²) in [5.74, 6) is 1.13. The minimum absolute atomic E-state index is 0.565. The van der Waals surface area contributed by atoms with Crippen molar-refractivity contribution in [2.75, 3.05) is 14.2 Å². The number of nitrogens with two attached hydrogens (primary N) is 1. The molecular weight excluding hydrogens is 338 g/mol. The van der Waals surface area contributed by atoms with Gasteiger partial charge in [-0.05, 0) is 30.2 Å². The van der Waals surface area contributed by atoms with Crippen LogP contribution in [0, 0.1) is 6.92 Å². The largest absolute Gasteiger partial charge is 0.496 e. The van der Waals surface area contributed by atoms with Gasteiger partial charge in [0.2, 0.25) is 0 Å². The average Bonchev–Trinajstić information content (AvgIpc) is 2.73. The number of rotatable bonds is 6. The van der Waals surface area contributed by atoms with Gasteiger partial charge in [-0.15, -0.1) is 0 Å². The molecule has 0 radical (unpaired) electrons. The molecule has 0 bridgehead atoms. The number of methoxy groups -OCH3 is 2. The third-order valence-electron chi connectivity index (χ3n) is 5.01. The second-order valence-corrected chi connectivity index (χ2v) is 6.50. The number of aliphatic hydroxyl groups is 1. The summed E-state index contributed by atoms with van der Waals surface area (Å²) in [6.07, 6.45) is 0. The fraction of sp³-hybridized carbons (Fsp3) is 0.217. The van der Waals surface area contributed by atoms with Crippen LogP contribution in [0.15, 0.2) is 72.8 Å².